The van der Waals surface area contributed by atoms with E-state index in [0.717, 1.165) is 30.0 Å². The maximum Gasteiger partial charge on any atom is 0.238 e. The molecule has 0 radical (unpaired) electrons. The highest BCUT2D eigenvalue weighted by atomic mass is 19.1. The summed E-state index contributed by atoms with van der Waals surface area (Å²) in [4.78, 5) is 19.1. The van der Waals surface area contributed by atoms with Gasteiger partial charge in [0.2, 0.25) is 5.91 Å². The van der Waals surface area contributed by atoms with Crippen LogP contribution in [0.5, 0.6) is 0 Å². The van der Waals surface area contributed by atoms with E-state index in [-0.39, 0.29) is 23.8 Å². The number of carbonyl (C=O) groups excluding carboxylic acids is 1. The van der Waals surface area contributed by atoms with Crippen LogP contribution in [0.15, 0.2) is 42.6 Å². The predicted octanol–water partition coefficient (Wildman–Crippen LogP) is 2.29. The lowest BCUT2D eigenvalue weighted by molar-refractivity contribution is -0.123. The molecule has 0 spiro atoms. The fraction of sp³-hybridized carbons (Fsp3) is 0.400. The molecule has 1 aromatic carbocycles. The summed E-state index contributed by atoms with van der Waals surface area (Å²) in [5.74, 6) is 0.610. The molecular weight excluding hydrogens is 345 g/mol. The maximum absolute atomic E-state index is 13.0. The maximum atomic E-state index is 13.0. The minimum atomic E-state index is -0.331. The van der Waals surface area contributed by atoms with Crippen molar-refractivity contribution in [3.05, 3.63) is 59.5 Å². The first-order valence-electron chi connectivity index (χ1n) is 9.34. The van der Waals surface area contributed by atoms with Gasteiger partial charge in [-0.25, -0.2) is 20.2 Å². The molecule has 1 saturated heterocycles. The molecule has 2 atom stereocenters. The van der Waals surface area contributed by atoms with Crippen molar-refractivity contribution in [2.75, 3.05) is 18.0 Å². The molecule has 2 heterocycles. The Labute approximate surface area is 159 Å². The first-order chi connectivity index (χ1) is 13.1. The van der Waals surface area contributed by atoms with Gasteiger partial charge in [0.15, 0.2) is 0 Å². The van der Waals surface area contributed by atoms with Crippen molar-refractivity contribution in [2.45, 2.75) is 38.9 Å². The lowest BCUT2D eigenvalue weighted by Crippen LogP contribution is -2.42. The number of pyridine rings is 1. The zero-order chi connectivity index (χ0) is 19.2. The molecule has 3 rings (SSSR count). The summed E-state index contributed by atoms with van der Waals surface area (Å²) in [7, 11) is 0. The molecule has 0 bridgehead atoms. The second kappa shape index (κ2) is 8.92. The van der Waals surface area contributed by atoms with Gasteiger partial charge in [-0.05, 0) is 49.6 Å². The standard InChI is InChI=1S/C20H26FN5O/c1-3-26(4-2)19-10-5-14(12-22-19)13-23-20(27)18-11-17(24-25-18)15-6-8-16(21)9-7-15/h5-10,12,17-18,24-25H,3-4,11,13H2,1-2H3,(H,23,27). The number of hydrogen-bond acceptors (Lipinski definition) is 5. The third-order valence-electron chi connectivity index (χ3n) is 4.86. The van der Waals surface area contributed by atoms with Crippen molar-refractivity contribution >= 4 is 11.7 Å². The third kappa shape index (κ3) is 4.81. The first-order valence-corrected chi connectivity index (χ1v) is 9.34. The minimum Gasteiger partial charge on any atom is -0.357 e. The zero-order valence-corrected chi connectivity index (χ0v) is 15.7. The molecule has 144 valence electrons. The van der Waals surface area contributed by atoms with Gasteiger partial charge in [-0.2, -0.15) is 0 Å². The number of hydrogen-bond donors (Lipinski definition) is 3. The second-order valence-electron chi connectivity index (χ2n) is 6.60. The number of aromatic nitrogens is 1. The smallest absolute Gasteiger partial charge is 0.238 e. The number of anilines is 1. The molecular formula is C20H26FN5O. The van der Waals surface area contributed by atoms with Gasteiger partial charge in [-0.1, -0.05) is 18.2 Å². The minimum absolute atomic E-state index is 0.0172. The molecule has 3 N–H and O–H groups in total. The van der Waals surface area contributed by atoms with Gasteiger partial charge in [0, 0.05) is 31.9 Å². The van der Waals surface area contributed by atoms with Crippen molar-refractivity contribution in [1.82, 2.24) is 21.2 Å². The Morgan fingerprint density at radius 2 is 1.93 bits per heavy atom. The lowest BCUT2D eigenvalue weighted by Gasteiger charge is -2.19. The molecule has 0 saturated carbocycles. The normalized spacial score (nSPS) is 19.1. The fourth-order valence-electron chi connectivity index (χ4n) is 3.21. The number of rotatable bonds is 7. The summed E-state index contributed by atoms with van der Waals surface area (Å²) in [5, 5.41) is 2.94. The fourth-order valence-corrected chi connectivity index (χ4v) is 3.21. The van der Waals surface area contributed by atoms with Crippen LogP contribution in [-0.4, -0.2) is 30.0 Å². The van der Waals surface area contributed by atoms with Crippen molar-refractivity contribution in [1.29, 1.82) is 0 Å². The Morgan fingerprint density at radius 1 is 1.19 bits per heavy atom. The second-order valence-corrected chi connectivity index (χ2v) is 6.60. The summed E-state index contributed by atoms with van der Waals surface area (Å²) >= 11 is 0. The van der Waals surface area contributed by atoms with Gasteiger partial charge in [-0.3, -0.25) is 4.79 Å². The number of amides is 1. The number of halogens is 1. The quantitative estimate of drug-likeness (QED) is 0.697. The van der Waals surface area contributed by atoms with Gasteiger partial charge in [0.25, 0.3) is 0 Å². The molecule has 1 aromatic heterocycles. The summed E-state index contributed by atoms with van der Waals surface area (Å²) in [6, 6.07) is 9.95. The van der Waals surface area contributed by atoms with Crippen molar-refractivity contribution < 1.29 is 9.18 Å². The van der Waals surface area contributed by atoms with Crippen LogP contribution in [0.4, 0.5) is 10.2 Å². The van der Waals surface area contributed by atoms with E-state index in [1.165, 1.54) is 12.1 Å². The van der Waals surface area contributed by atoms with Gasteiger partial charge in [0.05, 0.1) is 0 Å². The van der Waals surface area contributed by atoms with Crippen LogP contribution in [0.3, 0.4) is 0 Å². The van der Waals surface area contributed by atoms with E-state index in [2.05, 4.69) is 39.9 Å². The first kappa shape index (κ1) is 19.3. The molecule has 2 unspecified atom stereocenters. The average Bonchev–Trinajstić information content (AvgIpc) is 3.19. The SMILES string of the molecule is CCN(CC)c1ccc(CNC(=O)C2CC(c3ccc(F)cc3)NN2)cn1. The van der Waals surface area contributed by atoms with Crippen molar-refractivity contribution in [3.63, 3.8) is 0 Å². The van der Waals surface area contributed by atoms with Gasteiger partial charge in [0.1, 0.15) is 17.7 Å². The summed E-state index contributed by atoms with van der Waals surface area (Å²) < 4.78 is 13.0. The molecule has 1 fully saturated rings. The Bertz CT molecular complexity index is 746. The highest BCUT2D eigenvalue weighted by Gasteiger charge is 2.29. The topological polar surface area (TPSA) is 69.3 Å². The monoisotopic (exact) mass is 371 g/mol. The molecule has 1 amide bonds. The molecule has 27 heavy (non-hydrogen) atoms. The number of carbonyl (C=O) groups is 1. The highest BCUT2D eigenvalue weighted by Crippen LogP contribution is 2.22. The highest BCUT2D eigenvalue weighted by molar-refractivity contribution is 5.82. The molecule has 2 aromatic rings. The lowest BCUT2D eigenvalue weighted by atomic mass is 10.0. The molecule has 6 nitrogen and oxygen atoms in total. The Balaban J connectivity index is 1.50. The van der Waals surface area contributed by atoms with Gasteiger partial charge in [-0.15, -0.1) is 0 Å². The number of benzene rings is 1. The molecule has 0 aliphatic carbocycles. The summed E-state index contributed by atoms with van der Waals surface area (Å²) in [5.41, 5.74) is 8.03. The van der Waals surface area contributed by atoms with E-state index < -0.39 is 0 Å². The van der Waals surface area contributed by atoms with Crippen molar-refractivity contribution in [2.24, 2.45) is 0 Å². The zero-order valence-electron chi connectivity index (χ0n) is 15.7. The van der Waals surface area contributed by atoms with Crippen LogP contribution < -0.4 is 21.1 Å². The van der Waals surface area contributed by atoms with Crippen LogP contribution in [0, 0.1) is 5.82 Å². The third-order valence-corrected chi connectivity index (χ3v) is 4.86. The number of nitrogens with one attached hydrogen (secondary N) is 3. The van der Waals surface area contributed by atoms with Crippen LogP contribution >= 0.6 is 0 Å². The Hall–Kier alpha value is -2.51. The Morgan fingerprint density at radius 3 is 2.56 bits per heavy atom. The molecule has 1 aliphatic rings. The van der Waals surface area contributed by atoms with E-state index in [4.69, 9.17) is 0 Å². The average molecular weight is 371 g/mol. The van der Waals surface area contributed by atoms with Gasteiger partial charge < -0.3 is 10.2 Å². The predicted molar refractivity (Wildman–Crippen MR) is 103 cm³/mol. The van der Waals surface area contributed by atoms with Crippen molar-refractivity contribution in [3.8, 4) is 0 Å². The van der Waals surface area contributed by atoms with E-state index in [1.807, 2.05) is 12.1 Å². The largest absolute Gasteiger partial charge is 0.357 e. The van der Waals surface area contributed by atoms with Crippen LogP contribution in [0.25, 0.3) is 0 Å². The van der Waals surface area contributed by atoms with Crippen LogP contribution in [-0.2, 0) is 11.3 Å². The van der Waals surface area contributed by atoms with E-state index in [9.17, 15) is 9.18 Å². The van der Waals surface area contributed by atoms with Crippen LogP contribution in [0.1, 0.15) is 37.4 Å². The van der Waals surface area contributed by atoms with E-state index in [1.54, 1.807) is 18.3 Å². The van der Waals surface area contributed by atoms with Gasteiger partial charge >= 0.3 is 0 Å². The Kier molecular flexibility index (Phi) is 6.36. The molecule has 1 aliphatic heterocycles. The number of nitrogens with zero attached hydrogens (tertiary/aromatic N) is 2. The van der Waals surface area contributed by atoms with E-state index in [0.29, 0.717) is 13.0 Å². The van der Waals surface area contributed by atoms with E-state index >= 15 is 0 Å². The number of hydrazine groups is 1. The summed E-state index contributed by atoms with van der Waals surface area (Å²) in [6.45, 7) is 6.45. The molecule has 7 heteroatoms. The van der Waals surface area contributed by atoms with Crippen LogP contribution in [0.2, 0.25) is 0 Å². The summed E-state index contributed by atoms with van der Waals surface area (Å²) in [6.07, 6.45) is 2.41.